The minimum absolute atomic E-state index is 0.320. The summed E-state index contributed by atoms with van der Waals surface area (Å²) in [4.78, 5) is 2.27. The Hall–Kier alpha value is -1.26. The molecule has 2 rings (SSSR count). The highest BCUT2D eigenvalue weighted by atomic mass is 16.5. The summed E-state index contributed by atoms with van der Waals surface area (Å²) in [5.41, 5.74) is 6.34. The molecule has 4 heteroatoms. The number of benzene rings is 1. The number of ether oxygens (including phenoxy) is 1. The van der Waals surface area contributed by atoms with Crippen LogP contribution in [0.5, 0.6) is 5.75 Å². The fourth-order valence-corrected chi connectivity index (χ4v) is 2.81. The van der Waals surface area contributed by atoms with E-state index < -0.39 is 6.10 Å². The molecule has 112 valence electrons. The van der Waals surface area contributed by atoms with Gasteiger partial charge in [0.1, 0.15) is 18.5 Å². The molecule has 1 atom stereocenters. The van der Waals surface area contributed by atoms with E-state index in [0.29, 0.717) is 19.2 Å². The van der Waals surface area contributed by atoms with Crippen molar-refractivity contribution in [1.29, 1.82) is 0 Å². The van der Waals surface area contributed by atoms with Crippen LogP contribution in [0.25, 0.3) is 0 Å². The first-order valence-corrected chi connectivity index (χ1v) is 7.52. The topological polar surface area (TPSA) is 58.7 Å². The highest BCUT2D eigenvalue weighted by molar-refractivity contribution is 5.41. The molecule has 4 nitrogen and oxygen atoms in total. The summed E-state index contributed by atoms with van der Waals surface area (Å²) in [6.45, 7) is 0.987. The number of nitrogens with zero attached hydrogens (tertiary/aromatic N) is 1. The van der Waals surface area contributed by atoms with E-state index >= 15 is 0 Å². The summed E-state index contributed by atoms with van der Waals surface area (Å²) in [7, 11) is 2.10. The summed E-state index contributed by atoms with van der Waals surface area (Å²) in [5, 5.41) is 10.1. The summed E-state index contributed by atoms with van der Waals surface area (Å²) in [6.07, 6.45) is 6.02. The number of nitrogens with two attached hydrogens (primary N) is 1. The Bertz CT molecular complexity index is 388. The van der Waals surface area contributed by atoms with Crippen molar-refractivity contribution in [3.63, 3.8) is 0 Å². The normalized spacial score (nSPS) is 18.1. The van der Waals surface area contributed by atoms with Crippen LogP contribution >= 0.6 is 0 Å². The van der Waals surface area contributed by atoms with E-state index in [1.807, 2.05) is 12.1 Å². The average Bonchev–Trinajstić information content (AvgIpc) is 2.47. The largest absolute Gasteiger partial charge is 0.491 e. The molecular weight excluding hydrogens is 252 g/mol. The van der Waals surface area contributed by atoms with E-state index in [1.165, 1.54) is 32.1 Å². The third kappa shape index (κ3) is 4.69. The number of hydrogen-bond donors (Lipinski definition) is 2. The molecule has 0 spiro atoms. The van der Waals surface area contributed by atoms with Gasteiger partial charge in [-0.3, -0.25) is 0 Å². The molecule has 0 aliphatic heterocycles. The SMILES string of the molecule is CN(CC(O)COc1ccc(N)cc1)C1CCCCC1. The Morgan fingerprint density at radius 2 is 1.90 bits per heavy atom. The van der Waals surface area contributed by atoms with E-state index in [2.05, 4.69) is 11.9 Å². The van der Waals surface area contributed by atoms with Gasteiger partial charge in [-0.05, 0) is 44.2 Å². The van der Waals surface area contributed by atoms with Crippen LogP contribution in [0.3, 0.4) is 0 Å². The highest BCUT2D eigenvalue weighted by Gasteiger charge is 2.20. The fraction of sp³-hybridized carbons (Fsp3) is 0.625. The molecule has 1 saturated carbocycles. The number of aliphatic hydroxyl groups excluding tert-OH is 1. The molecule has 0 aromatic heterocycles. The lowest BCUT2D eigenvalue weighted by atomic mass is 9.94. The summed E-state index contributed by atoms with van der Waals surface area (Å²) in [5.74, 6) is 0.749. The highest BCUT2D eigenvalue weighted by Crippen LogP contribution is 2.21. The van der Waals surface area contributed by atoms with Crippen LogP contribution in [0.1, 0.15) is 32.1 Å². The molecule has 1 unspecified atom stereocenters. The molecule has 1 aliphatic carbocycles. The zero-order valence-electron chi connectivity index (χ0n) is 12.3. The second-order valence-electron chi connectivity index (χ2n) is 5.77. The first kappa shape index (κ1) is 15.1. The number of hydrogen-bond acceptors (Lipinski definition) is 4. The first-order chi connectivity index (χ1) is 9.65. The van der Waals surface area contributed by atoms with Crippen molar-refractivity contribution in [1.82, 2.24) is 4.90 Å². The van der Waals surface area contributed by atoms with Crippen molar-refractivity contribution in [2.75, 3.05) is 25.9 Å². The number of nitrogen functional groups attached to an aromatic ring is 1. The molecule has 1 aromatic rings. The maximum atomic E-state index is 10.1. The van der Waals surface area contributed by atoms with Crippen molar-refractivity contribution >= 4 is 5.69 Å². The second-order valence-corrected chi connectivity index (χ2v) is 5.77. The van der Waals surface area contributed by atoms with Crippen molar-refractivity contribution in [3.8, 4) is 5.75 Å². The fourth-order valence-electron chi connectivity index (χ4n) is 2.81. The number of aliphatic hydroxyl groups is 1. The first-order valence-electron chi connectivity index (χ1n) is 7.52. The van der Waals surface area contributed by atoms with Gasteiger partial charge in [0, 0.05) is 18.3 Å². The molecule has 1 aliphatic rings. The maximum absolute atomic E-state index is 10.1. The Morgan fingerprint density at radius 1 is 1.25 bits per heavy atom. The monoisotopic (exact) mass is 278 g/mol. The summed E-state index contributed by atoms with van der Waals surface area (Å²) >= 11 is 0. The predicted molar refractivity (Wildman–Crippen MR) is 81.9 cm³/mol. The van der Waals surface area contributed by atoms with Crippen LogP contribution in [-0.2, 0) is 0 Å². The van der Waals surface area contributed by atoms with E-state index in [-0.39, 0.29) is 0 Å². The summed E-state index contributed by atoms with van der Waals surface area (Å²) < 4.78 is 5.58. The standard InChI is InChI=1S/C16H26N2O2/c1-18(14-5-3-2-4-6-14)11-15(19)12-20-16-9-7-13(17)8-10-16/h7-10,14-15,19H,2-6,11-12,17H2,1H3. The minimum Gasteiger partial charge on any atom is -0.491 e. The molecule has 1 fully saturated rings. The Kier molecular flexibility index (Phi) is 5.68. The molecule has 20 heavy (non-hydrogen) atoms. The Labute approximate surface area is 121 Å². The van der Waals surface area contributed by atoms with Crippen LogP contribution in [0.4, 0.5) is 5.69 Å². The van der Waals surface area contributed by atoms with Gasteiger partial charge in [-0.15, -0.1) is 0 Å². The van der Waals surface area contributed by atoms with Gasteiger partial charge in [0.25, 0.3) is 0 Å². The van der Waals surface area contributed by atoms with Crippen LogP contribution in [0.15, 0.2) is 24.3 Å². The van der Waals surface area contributed by atoms with Crippen LogP contribution < -0.4 is 10.5 Å². The minimum atomic E-state index is -0.459. The molecule has 0 amide bonds. The molecule has 0 bridgehead atoms. The zero-order valence-corrected chi connectivity index (χ0v) is 12.3. The van der Waals surface area contributed by atoms with Gasteiger partial charge in [0.2, 0.25) is 0 Å². The van der Waals surface area contributed by atoms with Crippen molar-refractivity contribution in [3.05, 3.63) is 24.3 Å². The lowest BCUT2D eigenvalue weighted by Crippen LogP contribution is -2.40. The molecule has 0 radical (unpaired) electrons. The molecular formula is C16H26N2O2. The third-order valence-corrected chi connectivity index (χ3v) is 4.02. The van der Waals surface area contributed by atoms with Gasteiger partial charge in [-0.25, -0.2) is 0 Å². The smallest absolute Gasteiger partial charge is 0.119 e. The lowest BCUT2D eigenvalue weighted by Gasteiger charge is -2.32. The maximum Gasteiger partial charge on any atom is 0.119 e. The molecule has 0 saturated heterocycles. The average molecular weight is 278 g/mol. The molecule has 1 aromatic carbocycles. The third-order valence-electron chi connectivity index (χ3n) is 4.02. The van der Waals surface area contributed by atoms with Crippen molar-refractivity contribution in [2.24, 2.45) is 0 Å². The summed E-state index contributed by atoms with van der Waals surface area (Å²) in [6, 6.07) is 7.88. The Morgan fingerprint density at radius 3 is 2.55 bits per heavy atom. The molecule has 3 N–H and O–H groups in total. The van der Waals surface area contributed by atoms with Crippen LogP contribution in [0.2, 0.25) is 0 Å². The second kappa shape index (κ2) is 7.50. The predicted octanol–water partition coefficient (Wildman–Crippen LogP) is 2.27. The van der Waals surface area contributed by atoms with E-state index in [4.69, 9.17) is 10.5 Å². The van der Waals surface area contributed by atoms with Gasteiger partial charge < -0.3 is 20.5 Å². The van der Waals surface area contributed by atoms with Crippen LogP contribution in [0, 0.1) is 0 Å². The van der Waals surface area contributed by atoms with E-state index in [1.54, 1.807) is 12.1 Å². The van der Waals surface area contributed by atoms with Crippen molar-refractivity contribution in [2.45, 2.75) is 44.2 Å². The molecule has 0 heterocycles. The number of anilines is 1. The van der Waals surface area contributed by atoms with Gasteiger partial charge >= 0.3 is 0 Å². The zero-order chi connectivity index (χ0) is 14.4. The van der Waals surface area contributed by atoms with Gasteiger partial charge in [-0.1, -0.05) is 19.3 Å². The number of likely N-dealkylation sites (N-methyl/N-ethyl adjacent to an activating group) is 1. The number of rotatable bonds is 6. The lowest BCUT2D eigenvalue weighted by molar-refractivity contribution is 0.0561. The Balaban J connectivity index is 1.71. The van der Waals surface area contributed by atoms with Gasteiger partial charge in [-0.2, -0.15) is 0 Å². The van der Waals surface area contributed by atoms with E-state index in [0.717, 1.165) is 11.4 Å². The van der Waals surface area contributed by atoms with Crippen molar-refractivity contribution < 1.29 is 9.84 Å². The quantitative estimate of drug-likeness (QED) is 0.784. The van der Waals surface area contributed by atoms with Gasteiger partial charge in [0.15, 0.2) is 0 Å². The van der Waals surface area contributed by atoms with E-state index in [9.17, 15) is 5.11 Å². The van der Waals surface area contributed by atoms with Crippen LogP contribution in [-0.4, -0.2) is 42.4 Å². The van der Waals surface area contributed by atoms with Gasteiger partial charge in [0.05, 0.1) is 0 Å².